The number of methoxy groups -OCH3 is 1. The topological polar surface area (TPSA) is 61.9 Å². The number of nitrogens with zero attached hydrogens (tertiary/aromatic N) is 2. The van der Waals surface area contributed by atoms with Gasteiger partial charge in [-0.15, -0.1) is 0 Å². The molecule has 0 atom stereocenters. The lowest BCUT2D eigenvalue weighted by Gasteiger charge is -2.19. The van der Waals surface area contributed by atoms with E-state index in [1.54, 1.807) is 16.9 Å². The van der Waals surface area contributed by atoms with Gasteiger partial charge in [0, 0.05) is 26.2 Å². The predicted octanol–water partition coefficient (Wildman–Crippen LogP) is 2.56. The Morgan fingerprint density at radius 3 is 2.48 bits per heavy atom. The number of benzene rings is 2. The van der Waals surface area contributed by atoms with Crippen LogP contribution in [0.25, 0.3) is 0 Å². The summed E-state index contributed by atoms with van der Waals surface area (Å²) in [5.74, 6) is 0.624. The van der Waals surface area contributed by atoms with Crippen molar-refractivity contribution in [3.63, 3.8) is 0 Å². The number of hydrogen-bond acceptors (Lipinski definition) is 3. The summed E-state index contributed by atoms with van der Waals surface area (Å²) in [5.41, 5.74) is 3.29. The molecule has 0 aromatic heterocycles. The van der Waals surface area contributed by atoms with Crippen LogP contribution in [0.3, 0.4) is 0 Å². The summed E-state index contributed by atoms with van der Waals surface area (Å²) < 4.78 is 5.12. The number of aryl methyl sites for hydroxylation is 1. The van der Waals surface area contributed by atoms with Crippen LogP contribution in [-0.4, -0.2) is 48.5 Å². The summed E-state index contributed by atoms with van der Waals surface area (Å²) >= 11 is 0. The van der Waals surface area contributed by atoms with Crippen LogP contribution in [0.5, 0.6) is 5.75 Å². The van der Waals surface area contributed by atoms with E-state index in [1.807, 2.05) is 55.5 Å². The number of ether oxygens (including phenoxy) is 1. The third kappa shape index (κ3) is 4.78. The molecule has 3 amide bonds. The normalized spacial score (nSPS) is 13.8. The molecule has 0 aliphatic carbocycles. The summed E-state index contributed by atoms with van der Waals surface area (Å²) in [7, 11) is 1.62. The largest absolute Gasteiger partial charge is 0.497 e. The lowest BCUT2D eigenvalue weighted by atomic mass is 10.1. The maximum atomic E-state index is 12.6. The fourth-order valence-electron chi connectivity index (χ4n) is 3.09. The molecule has 1 heterocycles. The molecule has 1 saturated heterocycles. The molecule has 27 heavy (non-hydrogen) atoms. The van der Waals surface area contributed by atoms with Crippen molar-refractivity contribution in [2.75, 3.05) is 26.7 Å². The molecule has 6 nitrogen and oxygen atoms in total. The first kappa shape index (κ1) is 18.8. The van der Waals surface area contributed by atoms with Gasteiger partial charge in [0.15, 0.2) is 0 Å². The van der Waals surface area contributed by atoms with Crippen molar-refractivity contribution in [2.24, 2.45) is 0 Å². The zero-order valence-corrected chi connectivity index (χ0v) is 15.8. The number of hydrogen-bond donors (Lipinski definition) is 1. The lowest BCUT2D eigenvalue weighted by Crippen LogP contribution is -2.39. The molecule has 0 bridgehead atoms. The van der Waals surface area contributed by atoms with Gasteiger partial charge in [-0.05, 0) is 35.7 Å². The van der Waals surface area contributed by atoms with E-state index < -0.39 is 0 Å². The van der Waals surface area contributed by atoms with Crippen LogP contribution < -0.4 is 10.1 Å². The zero-order valence-electron chi connectivity index (χ0n) is 15.8. The molecule has 142 valence electrons. The highest BCUT2D eigenvalue weighted by Crippen LogP contribution is 2.16. The highest BCUT2D eigenvalue weighted by molar-refractivity contribution is 5.85. The SMILES string of the molecule is COc1ccc(CNC(=O)CN2CCN(Cc3ccccc3C)C2=O)cc1. The average molecular weight is 367 g/mol. The van der Waals surface area contributed by atoms with Gasteiger partial charge in [0.1, 0.15) is 12.3 Å². The molecule has 6 heteroatoms. The summed E-state index contributed by atoms with van der Waals surface area (Å²) in [6.45, 7) is 4.34. The summed E-state index contributed by atoms with van der Waals surface area (Å²) in [5, 5.41) is 2.87. The van der Waals surface area contributed by atoms with Gasteiger partial charge in [-0.1, -0.05) is 36.4 Å². The smallest absolute Gasteiger partial charge is 0.320 e. The molecule has 1 fully saturated rings. The van der Waals surface area contributed by atoms with Crippen molar-refractivity contribution >= 4 is 11.9 Å². The third-order valence-electron chi connectivity index (χ3n) is 4.79. The minimum Gasteiger partial charge on any atom is -0.497 e. The van der Waals surface area contributed by atoms with Crippen molar-refractivity contribution in [1.82, 2.24) is 15.1 Å². The molecule has 0 saturated carbocycles. The highest BCUT2D eigenvalue weighted by atomic mass is 16.5. The van der Waals surface area contributed by atoms with E-state index >= 15 is 0 Å². The Labute approximate surface area is 159 Å². The predicted molar refractivity (Wildman–Crippen MR) is 103 cm³/mol. The quantitative estimate of drug-likeness (QED) is 0.818. The average Bonchev–Trinajstić information content (AvgIpc) is 3.02. The minimum absolute atomic E-state index is 0.0826. The fraction of sp³-hybridized carbons (Fsp3) is 0.333. The van der Waals surface area contributed by atoms with E-state index in [0.717, 1.165) is 16.9 Å². The van der Waals surface area contributed by atoms with Gasteiger partial charge in [-0.2, -0.15) is 0 Å². The maximum Gasteiger partial charge on any atom is 0.320 e. The van der Waals surface area contributed by atoms with Gasteiger partial charge in [-0.25, -0.2) is 4.79 Å². The van der Waals surface area contributed by atoms with Crippen LogP contribution in [0, 0.1) is 6.92 Å². The fourth-order valence-corrected chi connectivity index (χ4v) is 3.09. The van der Waals surface area contributed by atoms with Crippen LogP contribution in [0.15, 0.2) is 48.5 Å². The van der Waals surface area contributed by atoms with Crippen LogP contribution in [0.2, 0.25) is 0 Å². The van der Waals surface area contributed by atoms with Crippen LogP contribution in [0.1, 0.15) is 16.7 Å². The number of amides is 3. The Morgan fingerprint density at radius 1 is 1.07 bits per heavy atom. The van der Waals surface area contributed by atoms with Crippen molar-refractivity contribution in [3.05, 3.63) is 65.2 Å². The van der Waals surface area contributed by atoms with E-state index in [0.29, 0.717) is 26.2 Å². The van der Waals surface area contributed by atoms with Gasteiger partial charge in [0.25, 0.3) is 0 Å². The lowest BCUT2D eigenvalue weighted by molar-refractivity contribution is -0.121. The van der Waals surface area contributed by atoms with Gasteiger partial charge in [0.2, 0.25) is 5.91 Å². The molecule has 3 rings (SSSR count). The van der Waals surface area contributed by atoms with Crippen molar-refractivity contribution in [2.45, 2.75) is 20.0 Å². The van der Waals surface area contributed by atoms with Crippen molar-refractivity contribution in [1.29, 1.82) is 0 Å². The minimum atomic E-state index is -0.156. The van der Waals surface area contributed by atoms with E-state index in [2.05, 4.69) is 5.32 Å². The molecular formula is C21H25N3O3. The summed E-state index contributed by atoms with van der Waals surface area (Å²) in [6, 6.07) is 15.5. The standard InChI is InChI=1S/C21H25N3O3/c1-16-5-3-4-6-18(16)14-23-11-12-24(21(23)26)15-20(25)22-13-17-7-9-19(27-2)10-8-17/h3-10H,11-15H2,1-2H3,(H,22,25). The summed E-state index contributed by atoms with van der Waals surface area (Å²) in [4.78, 5) is 28.2. The molecule has 0 radical (unpaired) electrons. The van der Waals surface area contributed by atoms with Gasteiger partial charge in [0.05, 0.1) is 7.11 Å². The molecule has 1 aliphatic rings. The summed E-state index contributed by atoms with van der Waals surface area (Å²) in [6.07, 6.45) is 0. The zero-order chi connectivity index (χ0) is 19.2. The third-order valence-corrected chi connectivity index (χ3v) is 4.79. The molecule has 0 unspecified atom stereocenters. The molecule has 1 N–H and O–H groups in total. The molecule has 2 aromatic carbocycles. The molecule has 2 aromatic rings. The van der Waals surface area contributed by atoms with Crippen LogP contribution >= 0.6 is 0 Å². The Balaban J connectivity index is 1.48. The van der Waals surface area contributed by atoms with E-state index in [9.17, 15) is 9.59 Å². The number of urea groups is 1. The first-order valence-electron chi connectivity index (χ1n) is 9.05. The van der Waals surface area contributed by atoms with Crippen molar-refractivity contribution in [3.8, 4) is 5.75 Å². The Hall–Kier alpha value is -3.02. The van der Waals surface area contributed by atoms with Gasteiger partial charge in [-0.3, -0.25) is 4.79 Å². The van der Waals surface area contributed by atoms with Gasteiger partial charge >= 0.3 is 6.03 Å². The van der Waals surface area contributed by atoms with E-state index in [4.69, 9.17) is 4.74 Å². The van der Waals surface area contributed by atoms with Gasteiger partial charge < -0.3 is 19.9 Å². The van der Waals surface area contributed by atoms with E-state index in [1.165, 1.54) is 5.56 Å². The number of carbonyl (C=O) groups excluding carboxylic acids is 2. The van der Waals surface area contributed by atoms with Crippen molar-refractivity contribution < 1.29 is 14.3 Å². The second kappa shape index (κ2) is 8.58. The second-order valence-electron chi connectivity index (χ2n) is 6.68. The Kier molecular flexibility index (Phi) is 5.96. The Morgan fingerprint density at radius 2 is 1.78 bits per heavy atom. The molecule has 1 aliphatic heterocycles. The van der Waals surface area contributed by atoms with Crippen LogP contribution in [-0.2, 0) is 17.9 Å². The second-order valence-corrected chi connectivity index (χ2v) is 6.68. The van der Waals surface area contributed by atoms with Crippen LogP contribution in [0.4, 0.5) is 4.79 Å². The number of rotatable bonds is 7. The van der Waals surface area contributed by atoms with E-state index in [-0.39, 0.29) is 18.5 Å². The highest BCUT2D eigenvalue weighted by Gasteiger charge is 2.29. The number of nitrogens with one attached hydrogen (secondary N) is 1. The maximum absolute atomic E-state index is 12.6. The number of carbonyl (C=O) groups is 2. The monoisotopic (exact) mass is 367 g/mol. The molecule has 0 spiro atoms. The first-order chi connectivity index (χ1) is 13.1. The Bertz CT molecular complexity index is 805. The first-order valence-corrected chi connectivity index (χ1v) is 9.05. The molecular weight excluding hydrogens is 342 g/mol.